The summed E-state index contributed by atoms with van der Waals surface area (Å²) in [5, 5.41) is 4.44. The van der Waals surface area contributed by atoms with E-state index in [4.69, 9.17) is 11.6 Å². The quantitative estimate of drug-likeness (QED) is 0.809. The van der Waals surface area contributed by atoms with Crippen molar-refractivity contribution in [2.24, 2.45) is 7.05 Å². The Balaban J connectivity index is 1.75. The normalized spacial score (nSPS) is 16.2. The maximum atomic E-state index is 12.6. The van der Waals surface area contributed by atoms with Gasteiger partial charge in [0.25, 0.3) is 5.91 Å². The molecule has 3 rings (SSSR count). The van der Waals surface area contributed by atoms with E-state index in [0.29, 0.717) is 36.6 Å². The van der Waals surface area contributed by atoms with Gasteiger partial charge in [0.1, 0.15) is 0 Å². The topological polar surface area (TPSA) is 85.2 Å². The Morgan fingerprint density at radius 2 is 2.00 bits per heavy atom. The Bertz CT molecular complexity index is 902. The summed E-state index contributed by atoms with van der Waals surface area (Å²) < 4.78 is 25.4. The van der Waals surface area contributed by atoms with E-state index in [1.165, 1.54) is 10.9 Å². The van der Waals surface area contributed by atoms with Crippen molar-refractivity contribution in [3.63, 3.8) is 0 Å². The van der Waals surface area contributed by atoms with E-state index in [2.05, 4.69) is 10.1 Å². The lowest BCUT2D eigenvalue weighted by molar-refractivity contribution is 0.0704. The van der Waals surface area contributed by atoms with Crippen LogP contribution in [0, 0.1) is 0 Å². The third-order valence-electron chi connectivity index (χ3n) is 4.35. The van der Waals surface area contributed by atoms with Crippen molar-refractivity contribution in [3.05, 3.63) is 40.9 Å². The minimum absolute atomic E-state index is 0.00850. The van der Waals surface area contributed by atoms with Crippen LogP contribution in [0.25, 0.3) is 0 Å². The van der Waals surface area contributed by atoms with Gasteiger partial charge in [0.05, 0.1) is 15.6 Å². The highest BCUT2D eigenvalue weighted by atomic mass is 35.5. The van der Waals surface area contributed by atoms with Gasteiger partial charge in [0, 0.05) is 44.7 Å². The van der Waals surface area contributed by atoms with Crippen molar-refractivity contribution in [3.8, 4) is 0 Å². The molecule has 0 radical (unpaired) electrons. The summed E-state index contributed by atoms with van der Waals surface area (Å²) in [6.45, 7) is 1.02. The number of piperidine rings is 1. The van der Waals surface area contributed by atoms with Crippen molar-refractivity contribution in [2.75, 3.05) is 19.3 Å². The Morgan fingerprint density at radius 1 is 1.32 bits per heavy atom. The maximum Gasteiger partial charge on any atom is 0.275 e. The molecule has 134 valence electrons. The van der Waals surface area contributed by atoms with Gasteiger partial charge in [-0.2, -0.15) is 5.10 Å². The van der Waals surface area contributed by atoms with Gasteiger partial charge in [-0.1, -0.05) is 11.6 Å². The maximum absolute atomic E-state index is 12.6. The molecule has 0 bridgehead atoms. The number of likely N-dealkylation sites (tertiary alicyclic amines) is 1. The number of carbonyl (C=O) groups excluding carboxylic acids is 1. The predicted molar refractivity (Wildman–Crippen MR) is 93.4 cm³/mol. The summed E-state index contributed by atoms with van der Waals surface area (Å²) in [6.07, 6.45) is 5.68. The molecule has 2 aromatic rings. The van der Waals surface area contributed by atoms with Crippen LogP contribution in [0.2, 0.25) is 5.02 Å². The van der Waals surface area contributed by atoms with E-state index in [-0.39, 0.29) is 22.4 Å². The lowest BCUT2D eigenvalue weighted by Gasteiger charge is -2.31. The lowest BCUT2D eigenvalue weighted by Crippen LogP contribution is -2.38. The van der Waals surface area contributed by atoms with Gasteiger partial charge in [-0.05, 0) is 25.0 Å². The van der Waals surface area contributed by atoms with E-state index in [9.17, 15) is 13.2 Å². The molecule has 2 aromatic heterocycles. The lowest BCUT2D eigenvalue weighted by atomic mass is 9.93. The first-order valence-corrected chi connectivity index (χ1v) is 10.2. The molecular formula is C16H19ClN4O3S. The predicted octanol–water partition coefficient (Wildman–Crippen LogP) is 1.89. The van der Waals surface area contributed by atoms with Crippen molar-refractivity contribution in [1.82, 2.24) is 19.7 Å². The second-order valence-electron chi connectivity index (χ2n) is 6.22. The van der Waals surface area contributed by atoms with E-state index in [1.807, 2.05) is 0 Å². The minimum atomic E-state index is -3.33. The molecule has 1 saturated heterocycles. The van der Waals surface area contributed by atoms with Crippen molar-refractivity contribution in [2.45, 2.75) is 23.7 Å². The van der Waals surface area contributed by atoms with Gasteiger partial charge in [0.15, 0.2) is 15.5 Å². The molecule has 0 aromatic carbocycles. The van der Waals surface area contributed by atoms with Gasteiger partial charge in [0.2, 0.25) is 0 Å². The molecule has 0 spiro atoms. The first kappa shape index (κ1) is 17.9. The number of pyridine rings is 1. The largest absolute Gasteiger partial charge is 0.337 e. The van der Waals surface area contributed by atoms with E-state index >= 15 is 0 Å². The number of aromatic nitrogens is 3. The fraction of sp³-hybridized carbons (Fsp3) is 0.438. The Kier molecular flexibility index (Phi) is 4.83. The number of hydrogen-bond acceptors (Lipinski definition) is 5. The van der Waals surface area contributed by atoms with Crippen LogP contribution in [0.15, 0.2) is 29.4 Å². The molecule has 25 heavy (non-hydrogen) atoms. The average Bonchev–Trinajstić information content (AvgIpc) is 2.92. The number of sulfone groups is 1. The molecule has 9 heteroatoms. The smallest absolute Gasteiger partial charge is 0.275 e. The SMILES string of the molecule is Cn1cc(Cl)c(C(=O)N2CCC(c3ncccc3S(C)(=O)=O)CC2)n1. The second-order valence-corrected chi connectivity index (χ2v) is 8.62. The van der Waals surface area contributed by atoms with Crippen LogP contribution in [-0.4, -0.2) is 53.3 Å². The van der Waals surface area contributed by atoms with Crippen LogP contribution in [0.4, 0.5) is 0 Å². The van der Waals surface area contributed by atoms with Crippen molar-refractivity contribution >= 4 is 27.3 Å². The van der Waals surface area contributed by atoms with E-state index < -0.39 is 9.84 Å². The first-order chi connectivity index (χ1) is 11.8. The number of halogens is 1. The van der Waals surface area contributed by atoms with Crippen LogP contribution in [0.1, 0.15) is 34.9 Å². The zero-order chi connectivity index (χ0) is 18.2. The summed E-state index contributed by atoms with van der Waals surface area (Å²) in [4.78, 5) is 18.8. The van der Waals surface area contributed by atoms with Crippen LogP contribution in [-0.2, 0) is 16.9 Å². The highest BCUT2D eigenvalue weighted by Crippen LogP contribution is 2.31. The highest BCUT2D eigenvalue weighted by molar-refractivity contribution is 7.90. The van der Waals surface area contributed by atoms with Crippen molar-refractivity contribution < 1.29 is 13.2 Å². The summed E-state index contributed by atoms with van der Waals surface area (Å²) >= 11 is 6.05. The number of rotatable bonds is 3. The summed E-state index contributed by atoms with van der Waals surface area (Å²) in [5.41, 5.74) is 0.838. The number of hydrogen-bond donors (Lipinski definition) is 0. The monoisotopic (exact) mass is 382 g/mol. The molecule has 0 atom stereocenters. The number of nitrogens with zero attached hydrogens (tertiary/aromatic N) is 4. The fourth-order valence-electron chi connectivity index (χ4n) is 3.13. The molecular weight excluding hydrogens is 364 g/mol. The zero-order valence-electron chi connectivity index (χ0n) is 14.0. The van der Waals surface area contributed by atoms with Gasteiger partial charge in [-0.3, -0.25) is 14.5 Å². The number of amides is 1. The highest BCUT2D eigenvalue weighted by Gasteiger charge is 2.30. The summed E-state index contributed by atoms with van der Waals surface area (Å²) in [7, 11) is -1.62. The molecule has 1 fully saturated rings. The van der Waals surface area contributed by atoms with Crippen LogP contribution in [0.5, 0.6) is 0 Å². The van der Waals surface area contributed by atoms with Crippen LogP contribution >= 0.6 is 11.6 Å². The fourth-order valence-corrected chi connectivity index (χ4v) is 4.32. The molecule has 0 saturated carbocycles. The van der Waals surface area contributed by atoms with Gasteiger partial charge < -0.3 is 4.90 Å². The minimum Gasteiger partial charge on any atom is -0.337 e. The van der Waals surface area contributed by atoms with Gasteiger partial charge in [-0.25, -0.2) is 8.42 Å². The Hall–Kier alpha value is -1.93. The number of aryl methyl sites for hydroxylation is 1. The second kappa shape index (κ2) is 6.76. The Labute approximate surface area is 151 Å². The van der Waals surface area contributed by atoms with Crippen LogP contribution in [0.3, 0.4) is 0 Å². The van der Waals surface area contributed by atoms with Gasteiger partial charge >= 0.3 is 0 Å². The zero-order valence-corrected chi connectivity index (χ0v) is 15.6. The molecule has 1 amide bonds. The van der Waals surface area contributed by atoms with E-state index in [0.717, 1.165) is 0 Å². The Morgan fingerprint density at radius 3 is 2.56 bits per heavy atom. The molecule has 1 aliphatic heterocycles. The van der Waals surface area contributed by atoms with Crippen molar-refractivity contribution in [1.29, 1.82) is 0 Å². The first-order valence-electron chi connectivity index (χ1n) is 7.90. The average molecular weight is 383 g/mol. The molecule has 3 heterocycles. The number of carbonyl (C=O) groups is 1. The third kappa shape index (κ3) is 3.69. The van der Waals surface area contributed by atoms with E-state index in [1.54, 1.807) is 36.5 Å². The molecule has 0 N–H and O–H groups in total. The summed E-state index contributed by atoms with van der Waals surface area (Å²) in [6, 6.07) is 3.21. The van der Waals surface area contributed by atoms with Gasteiger partial charge in [-0.15, -0.1) is 0 Å². The molecule has 0 aliphatic carbocycles. The third-order valence-corrected chi connectivity index (χ3v) is 5.78. The molecule has 7 nitrogen and oxygen atoms in total. The molecule has 0 unspecified atom stereocenters. The van der Waals surface area contributed by atoms with Crippen LogP contribution < -0.4 is 0 Å². The molecule has 1 aliphatic rings. The standard InChI is InChI=1S/C16H19ClN4O3S/c1-20-10-12(17)15(19-20)16(22)21-8-5-11(6-9-21)14-13(25(2,23)24)4-3-7-18-14/h3-4,7,10-11H,5-6,8-9H2,1-2H3. The summed E-state index contributed by atoms with van der Waals surface area (Å²) in [5.74, 6) is -0.192.